The first-order valence-corrected chi connectivity index (χ1v) is 13.5. The predicted molar refractivity (Wildman–Crippen MR) is 154 cm³/mol. The van der Waals surface area contributed by atoms with E-state index in [1.807, 2.05) is 23.6 Å². The number of hydrogen-bond acceptors (Lipinski definition) is 9. The van der Waals surface area contributed by atoms with E-state index in [0.29, 0.717) is 35.3 Å². The third kappa shape index (κ3) is 6.27. The molecule has 1 aromatic carbocycles. The molecular weight excluding hydrogens is 498 g/mol. The van der Waals surface area contributed by atoms with Crippen LogP contribution in [0.3, 0.4) is 0 Å². The Morgan fingerprint density at radius 1 is 1.16 bits per heavy atom. The molecule has 0 atom stereocenters. The van der Waals surface area contributed by atoms with Gasteiger partial charge in [-0.15, -0.1) is 11.3 Å². The maximum Gasteiger partial charge on any atom is 0.247 e. The van der Waals surface area contributed by atoms with Crippen molar-refractivity contribution in [3.63, 3.8) is 0 Å². The summed E-state index contributed by atoms with van der Waals surface area (Å²) < 4.78 is 6.95. The van der Waals surface area contributed by atoms with E-state index in [9.17, 15) is 4.79 Å². The maximum atomic E-state index is 11.7. The van der Waals surface area contributed by atoms with Crippen LogP contribution in [0.25, 0.3) is 10.2 Å². The first kappa shape index (κ1) is 25.6. The first-order chi connectivity index (χ1) is 18.5. The Morgan fingerprint density at radius 3 is 2.74 bits per heavy atom. The minimum absolute atomic E-state index is 0.289. The van der Waals surface area contributed by atoms with Crippen molar-refractivity contribution in [2.75, 3.05) is 29.0 Å². The maximum absolute atomic E-state index is 11.7. The average Bonchev–Trinajstić information content (AvgIpc) is 3.39. The molecule has 5 rings (SSSR count). The van der Waals surface area contributed by atoms with Crippen LogP contribution in [0.2, 0.25) is 0 Å². The van der Waals surface area contributed by atoms with Crippen molar-refractivity contribution in [1.82, 2.24) is 19.9 Å². The number of nitrogens with one attached hydrogen (secondary N) is 3. The fourth-order valence-corrected chi connectivity index (χ4v) is 5.11. The smallest absolute Gasteiger partial charge is 0.247 e. The molecule has 1 fully saturated rings. The summed E-state index contributed by atoms with van der Waals surface area (Å²) in [6, 6.07) is 14.0. The van der Waals surface area contributed by atoms with E-state index >= 15 is 0 Å². The summed E-state index contributed by atoms with van der Waals surface area (Å²) in [5.74, 6) is 1.95. The fraction of sp³-hybridized carbons (Fsp3) is 0.286. The summed E-state index contributed by atoms with van der Waals surface area (Å²) in [5, 5.41) is 11.5. The number of nitrogens with zero attached hydrogens (tertiary/aromatic N) is 4. The van der Waals surface area contributed by atoms with E-state index in [1.165, 1.54) is 17.4 Å². The molecule has 4 heterocycles. The van der Waals surface area contributed by atoms with Gasteiger partial charge in [0, 0.05) is 36.9 Å². The Labute approximate surface area is 226 Å². The Balaban J connectivity index is 1.27. The fourth-order valence-electron chi connectivity index (χ4n) is 4.36. The second-order valence-electron chi connectivity index (χ2n) is 9.42. The molecule has 0 radical (unpaired) electrons. The molecule has 4 aromatic rings. The highest BCUT2D eigenvalue weighted by Gasteiger charge is 2.21. The van der Waals surface area contributed by atoms with E-state index in [1.54, 1.807) is 30.5 Å². The molecule has 0 unspecified atom stereocenters. The topological polar surface area (TPSA) is 104 Å². The summed E-state index contributed by atoms with van der Waals surface area (Å²) in [5.41, 5.74) is 2.16. The lowest BCUT2D eigenvalue weighted by Gasteiger charge is -2.35. The van der Waals surface area contributed by atoms with Crippen LogP contribution < -0.4 is 20.7 Å². The van der Waals surface area contributed by atoms with Crippen molar-refractivity contribution in [3.8, 4) is 11.6 Å². The number of pyridine rings is 1. The summed E-state index contributed by atoms with van der Waals surface area (Å²) >= 11 is 1.50. The molecule has 1 amide bonds. The number of ether oxygens (including phenoxy) is 1. The number of aromatic nitrogens is 3. The van der Waals surface area contributed by atoms with E-state index < -0.39 is 0 Å². The third-order valence-electron chi connectivity index (χ3n) is 6.41. The van der Waals surface area contributed by atoms with Crippen molar-refractivity contribution >= 4 is 50.6 Å². The van der Waals surface area contributed by atoms with Crippen molar-refractivity contribution in [2.45, 2.75) is 38.8 Å². The molecule has 0 bridgehead atoms. The standard InChI is InChI=1S/C28H31N7O2S/c1-4-25(36)31-20-6-5-7-22(16-20)37-27-26-23(12-15-38-26)33-28(34-27)32-21-8-9-24(29-17-21)30-19-10-13-35(14-11-19)18(2)3/h4-9,12,15-19H,1,10-11,13-14H2,2-3H3,(H,29,30)(H,31,36)(H,32,33,34). The van der Waals surface area contributed by atoms with Gasteiger partial charge in [-0.3, -0.25) is 4.79 Å². The molecule has 3 aromatic heterocycles. The zero-order valence-corrected chi connectivity index (χ0v) is 22.3. The Hall–Kier alpha value is -4.02. The minimum atomic E-state index is -0.289. The monoisotopic (exact) mass is 529 g/mol. The second kappa shape index (κ2) is 11.6. The molecule has 0 saturated carbocycles. The zero-order chi connectivity index (χ0) is 26.5. The number of rotatable bonds is 9. The lowest BCUT2D eigenvalue weighted by atomic mass is 10.0. The van der Waals surface area contributed by atoms with Gasteiger partial charge in [0.15, 0.2) is 0 Å². The molecule has 1 aliphatic heterocycles. The van der Waals surface area contributed by atoms with E-state index in [0.717, 1.165) is 47.7 Å². The molecule has 9 nitrogen and oxygen atoms in total. The van der Waals surface area contributed by atoms with Crippen molar-refractivity contribution in [2.24, 2.45) is 0 Å². The predicted octanol–water partition coefficient (Wildman–Crippen LogP) is 6.03. The van der Waals surface area contributed by atoms with Crippen LogP contribution in [0, 0.1) is 0 Å². The van der Waals surface area contributed by atoms with E-state index in [-0.39, 0.29) is 5.91 Å². The number of thiophene rings is 1. The number of fused-ring (bicyclic) bond motifs is 1. The highest BCUT2D eigenvalue weighted by atomic mass is 32.1. The zero-order valence-electron chi connectivity index (χ0n) is 21.5. The Bertz CT molecular complexity index is 1410. The van der Waals surface area contributed by atoms with Crippen LogP contribution in [0.4, 0.5) is 23.1 Å². The molecule has 0 aliphatic carbocycles. The van der Waals surface area contributed by atoms with Gasteiger partial charge in [0.05, 0.1) is 17.4 Å². The highest BCUT2D eigenvalue weighted by Crippen LogP contribution is 2.33. The summed E-state index contributed by atoms with van der Waals surface area (Å²) in [4.78, 5) is 28.0. The largest absolute Gasteiger partial charge is 0.437 e. The van der Waals surface area contributed by atoms with Crippen LogP contribution in [-0.2, 0) is 4.79 Å². The van der Waals surface area contributed by atoms with Gasteiger partial charge < -0.3 is 25.6 Å². The second-order valence-corrected chi connectivity index (χ2v) is 10.3. The number of anilines is 4. The van der Waals surface area contributed by atoms with Gasteiger partial charge in [-0.05, 0) is 68.5 Å². The number of likely N-dealkylation sites (tertiary alicyclic amines) is 1. The van der Waals surface area contributed by atoms with Crippen LogP contribution in [-0.4, -0.2) is 50.9 Å². The molecule has 196 valence electrons. The molecule has 0 spiro atoms. The van der Waals surface area contributed by atoms with Gasteiger partial charge in [-0.1, -0.05) is 12.6 Å². The van der Waals surface area contributed by atoms with Gasteiger partial charge in [0.1, 0.15) is 16.3 Å². The number of hydrogen-bond donors (Lipinski definition) is 3. The molecule has 38 heavy (non-hydrogen) atoms. The minimum Gasteiger partial charge on any atom is -0.437 e. The highest BCUT2D eigenvalue weighted by molar-refractivity contribution is 7.17. The van der Waals surface area contributed by atoms with Gasteiger partial charge in [-0.2, -0.15) is 4.98 Å². The molecule has 1 saturated heterocycles. The van der Waals surface area contributed by atoms with Crippen molar-refractivity contribution in [3.05, 3.63) is 66.7 Å². The summed E-state index contributed by atoms with van der Waals surface area (Å²) in [6.45, 7) is 10.2. The van der Waals surface area contributed by atoms with E-state index in [2.05, 4.69) is 56.2 Å². The number of carbonyl (C=O) groups is 1. The number of piperidine rings is 1. The third-order valence-corrected chi connectivity index (χ3v) is 7.30. The quantitative estimate of drug-likeness (QED) is 0.226. The van der Waals surface area contributed by atoms with Gasteiger partial charge in [0.25, 0.3) is 0 Å². The average molecular weight is 530 g/mol. The van der Waals surface area contributed by atoms with Gasteiger partial charge in [0.2, 0.25) is 17.7 Å². The van der Waals surface area contributed by atoms with Gasteiger partial charge in [-0.25, -0.2) is 9.97 Å². The summed E-state index contributed by atoms with van der Waals surface area (Å²) in [7, 11) is 0. The molecule has 3 N–H and O–H groups in total. The molecule has 1 aliphatic rings. The van der Waals surface area contributed by atoms with E-state index in [4.69, 9.17) is 4.74 Å². The Kier molecular flexibility index (Phi) is 7.81. The van der Waals surface area contributed by atoms with Crippen LogP contribution in [0.1, 0.15) is 26.7 Å². The normalized spacial score (nSPS) is 14.4. The summed E-state index contributed by atoms with van der Waals surface area (Å²) in [6.07, 6.45) is 5.22. The SMILES string of the molecule is C=CC(=O)Nc1cccc(Oc2nc(Nc3ccc(NC4CCN(C(C)C)CC4)nc3)nc3ccsc23)c1. The number of carbonyl (C=O) groups excluding carboxylic acids is 1. The van der Waals surface area contributed by atoms with Gasteiger partial charge >= 0.3 is 0 Å². The van der Waals surface area contributed by atoms with Crippen molar-refractivity contribution < 1.29 is 9.53 Å². The number of amides is 1. The molecule has 10 heteroatoms. The number of benzene rings is 1. The van der Waals surface area contributed by atoms with Crippen molar-refractivity contribution in [1.29, 1.82) is 0 Å². The van der Waals surface area contributed by atoms with Crippen LogP contribution in [0.15, 0.2) is 66.7 Å². The lowest BCUT2D eigenvalue weighted by molar-refractivity contribution is -0.111. The lowest BCUT2D eigenvalue weighted by Crippen LogP contribution is -2.42. The Morgan fingerprint density at radius 2 is 2.00 bits per heavy atom. The first-order valence-electron chi connectivity index (χ1n) is 12.7. The van der Waals surface area contributed by atoms with Crippen LogP contribution in [0.5, 0.6) is 11.6 Å². The molecular formula is C28H31N7O2S. The van der Waals surface area contributed by atoms with Crippen LogP contribution >= 0.6 is 11.3 Å².